The van der Waals surface area contributed by atoms with Gasteiger partial charge in [0.15, 0.2) is 0 Å². The lowest BCUT2D eigenvalue weighted by molar-refractivity contribution is -0.160. The summed E-state index contributed by atoms with van der Waals surface area (Å²) in [4.78, 5) is 0. The highest BCUT2D eigenvalue weighted by Crippen LogP contribution is 2.25. The maximum absolute atomic E-state index is 6.08. The molecule has 0 radical (unpaired) electrons. The van der Waals surface area contributed by atoms with Gasteiger partial charge in [-0.15, -0.1) is 0 Å². The van der Waals surface area contributed by atoms with Gasteiger partial charge in [-0.3, -0.25) is 4.68 Å². The lowest BCUT2D eigenvalue weighted by atomic mass is 10.0. The number of aromatic nitrogens is 2. The molecule has 5 heteroatoms. The third-order valence-corrected chi connectivity index (χ3v) is 2.86. The van der Waals surface area contributed by atoms with Gasteiger partial charge in [-0.2, -0.15) is 5.10 Å². The standard InChI is InChI=1S/C11H19N3O2/c1-3-10(12)11(16-9-6-15-7-9)8-4-13-14(2)5-8/h4-5,9-11H,3,6-7,12H2,1-2H3. The monoisotopic (exact) mass is 225 g/mol. The second-order valence-corrected chi connectivity index (χ2v) is 4.24. The van der Waals surface area contributed by atoms with Crippen LogP contribution in [0.1, 0.15) is 25.0 Å². The van der Waals surface area contributed by atoms with Crippen molar-refractivity contribution in [2.45, 2.75) is 31.6 Å². The van der Waals surface area contributed by atoms with Gasteiger partial charge in [0.25, 0.3) is 0 Å². The third-order valence-electron chi connectivity index (χ3n) is 2.86. The molecule has 0 aromatic carbocycles. The molecule has 1 fully saturated rings. The van der Waals surface area contributed by atoms with Gasteiger partial charge in [-0.1, -0.05) is 6.92 Å². The van der Waals surface area contributed by atoms with Crippen molar-refractivity contribution in [1.29, 1.82) is 0 Å². The van der Waals surface area contributed by atoms with Gasteiger partial charge in [-0.05, 0) is 6.42 Å². The van der Waals surface area contributed by atoms with E-state index in [1.807, 2.05) is 19.4 Å². The molecule has 2 rings (SSSR count). The smallest absolute Gasteiger partial charge is 0.105 e. The first kappa shape index (κ1) is 11.6. The van der Waals surface area contributed by atoms with Crippen molar-refractivity contribution in [2.24, 2.45) is 12.8 Å². The number of nitrogens with two attached hydrogens (primary N) is 1. The molecule has 2 unspecified atom stereocenters. The molecule has 0 aliphatic carbocycles. The van der Waals surface area contributed by atoms with E-state index in [1.165, 1.54) is 0 Å². The van der Waals surface area contributed by atoms with Gasteiger partial charge in [0.1, 0.15) is 12.2 Å². The molecule has 5 nitrogen and oxygen atoms in total. The van der Waals surface area contributed by atoms with Crippen LogP contribution < -0.4 is 5.73 Å². The Morgan fingerprint density at radius 3 is 2.88 bits per heavy atom. The molecule has 0 amide bonds. The summed E-state index contributed by atoms with van der Waals surface area (Å²) in [6, 6.07) is 0.00444. The molecular formula is C11H19N3O2. The maximum atomic E-state index is 6.08. The van der Waals surface area contributed by atoms with Crippen LogP contribution in [-0.4, -0.2) is 35.1 Å². The summed E-state index contributed by atoms with van der Waals surface area (Å²) in [7, 11) is 1.89. The minimum absolute atomic E-state index is 0.00444. The molecule has 2 N–H and O–H groups in total. The molecule has 0 spiro atoms. The number of rotatable bonds is 5. The molecule has 1 aromatic heterocycles. The summed E-state index contributed by atoms with van der Waals surface area (Å²) in [6.07, 6.45) is 4.77. The first-order valence-electron chi connectivity index (χ1n) is 5.68. The summed E-state index contributed by atoms with van der Waals surface area (Å²) in [5.74, 6) is 0. The molecule has 1 aliphatic rings. The van der Waals surface area contributed by atoms with E-state index in [4.69, 9.17) is 15.2 Å². The Hall–Kier alpha value is -0.910. The molecule has 2 atom stereocenters. The predicted octanol–water partition coefficient (Wildman–Crippen LogP) is 0.614. The van der Waals surface area contributed by atoms with Crippen LogP contribution in [-0.2, 0) is 16.5 Å². The van der Waals surface area contributed by atoms with Gasteiger partial charge in [0, 0.05) is 24.8 Å². The topological polar surface area (TPSA) is 62.3 Å². The van der Waals surface area contributed by atoms with E-state index in [0.717, 1.165) is 12.0 Å². The molecular weight excluding hydrogens is 206 g/mol. The zero-order valence-corrected chi connectivity index (χ0v) is 9.80. The summed E-state index contributed by atoms with van der Waals surface area (Å²) >= 11 is 0. The largest absolute Gasteiger partial charge is 0.376 e. The van der Waals surface area contributed by atoms with Crippen LogP contribution in [0, 0.1) is 0 Å². The van der Waals surface area contributed by atoms with Crippen LogP contribution in [0.4, 0.5) is 0 Å². The van der Waals surface area contributed by atoms with E-state index in [-0.39, 0.29) is 18.2 Å². The van der Waals surface area contributed by atoms with Crippen LogP contribution in [0.5, 0.6) is 0 Å². The van der Waals surface area contributed by atoms with Gasteiger partial charge in [0.2, 0.25) is 0 Å². The highest BCUT2D eigenvalue weighted by molar-refractivity contribution is 5.11. The average molecular weight is 225 g/mol. The van der Waals surface area contributed by atoms with Gasteiger partial charge < -0.3 is 15.2 Å². The van der Waals surface area contributed by atoms with Crippen molar-refractivity contribution in [3.63, 3.8) is 0 Å². The highest BCUT2D eigenvalue weighted by atomic mass is 16.6. The summed E-state index contributed by atoms with van der Waals surface area (Å²) in [5, 5.41) is 4.16. The molecule has 1 aliphatic heterocycles. The minimum Gasteiger partial charge on any atom is -0.376 e. The Kier molecular flexibility index (Phi) is 3.58. The van der Waals surface area contributed by atoms with Crippen molar-refractivity contribution < 1.29 is 9.47 Å². The van der Waals surface area contributed by atoms with Crippen LogP contribution >= 0.6 is 0 Å². The van der Waals surface area contributed by atoms with Gasteiger partial charge >= 0.3 is 0 Å². The number of hydrogen-bond donors (Lipinski definition) is 1. The SMILES string of the molecule is CCC(N)C(OC1COC1)c1cnn(C)c1. The van der Waals surface area contributed by atoms with Crippen molar-refractivity contribution in [3.8, 4) is 0 Å². The van der Waals surface area contributed by atoms with Crippen LogP contribution in [0.25, 0.3) is 0 Å². The van der Waals surface area contributed by atoms with E-state index in [1.54, 1.807) is 4.68 Å². The minimum atomic E-state index is -0.0763. The second-order valence-electron chi connectivity index (χ2n) is 4.24. The van der Waals surface area contributed by atoms with E-state index >= 15 is 0 Å². The Balaban J connectivity index is 2.06. The van der Waals surface area contributed by atoms with E-state index in [9.17, 15) is 0 Å². The molecule has 90 valence electrons. The number of aryl methyl sites for hydroxylation is 1. The van der Waals surface area contributed by atoms with Crippen LogP contribution in [0.15, 0.2) is 12.4 Å². The fraction of sp³-hybridized carbons (Fsp3) is 0.727. The van der Waals surface area contributed by atoms with Crippen molar-refractivity contribution in [3.05, 3.63) is 18.0 Å². The van der Waals surface area contributed by atoms with E-state index in [0.29, 0.717) is 13.2 Å². The molecule has 1 saturated heterocycles. The van der Waals surface area contributed by atoms with Gasteiger partial charge in [-0.25, -0.2) is 0 Å². The Morgan fingerprint density at radius 1 is 1.69 bits per heavy atom. The normalized spacial score (nSPS) is 20.4. The highest BCUT2D eigenvalue weighted by Gasteiger charge is 2.28. The Bertz CT molecular complexity index is 336. The Morgan fingerprint density at radius 2 is 2.44 bits per heavy atom. The molecule has 2 heterocycles. The fourth-order valence-electron chi connectivity index (χ4n) is 1.73. The maximum Gasteiger partial charge on any atom is 0.105 e. The number of nitrogens with zero attached hydrogens (tertiary/aromatic N) is 2. The summed E-state index contributed by atoms with van der Waals surface area (Å²) in [5.41, 5.74) is 7.13. The van der Waals surface area contributed by atoms with Crippen molar-refractivity contribution in [1.82, 2.24) is 9.78 Å². The zero-order chi connectivity index (χ0) is 11.5. The predicted molar refractivity (Wildman–Crippen MR) is 59.9 cm³/mol. The molecule has 1 aromatic rings. The first-order valence-corrected chi connectivity index (χ1v) is 5.68. The number of ether oxygens (including phenoxy) is 2. The lowest BCUT2D eigenvalue weighted by Crippen LogP contribution is -2.41. The zero-order valence-electron chi connectivity index (χ0n) is 9.80. The van der Waals surface area contributed by atoms with Crippen molar-refractivity contribution in [2.75, 3.05) is 13.2 Å². The average Bonchev–Trinajstić information content (AvgIpc) is 2.62. The summed E-state index contributed by atoms with van der Waals surface area (Å²) < 4.78 is 12.8. The quantitative estimate of drug-likeness (QED) is 0.797. The second kappa shape index (κ2) is 4.95. The molecule has 16 heavy (non-hydrogen) atoms. The number of hydrogen-bond acceptors (Lipinski definition) is 4. The van der Waals surface area contributed by atoms with Gasteiger partial charge in [0.05, 0.1) is 19.4 Å². The lowest BCUT2D eigenvalue weighted by Gasteiger charge is -2.32. The fourth-order valence-corrected chi connectivity index (χ4v) is 1.73. The summed E-state index contributed by atoms with van der Waals surface area (Å²) in [6.45, 7) is 3.41. The third kappa shape index (κ3) is 2.42. The Labute approximate surface area is 95.5 Å². The van der Waals surface area contributed by atoms with E-state index in [2.05, 4.69) is 12.0 Å². The van der Waals surface area contributed by atoms with Crippen LogP contribution in [0.2, 0.25) is 0 Å². The molecule has 0 saturated carbocycles. The molecule has 0 bridgehead atoms. The van der Waals surface area contributed by atoms with E-state index < -0.39 is 0 Å². The van der Waals surface area contributed by atoms with Crippen LogP contribution in [0.3, 0.4) is 0 Å². The first-order chi connectivity index (χ1) is 7.70. The van der Waals surface area contributed by atoms with Crippen molar-refractivity contribution >= 4 is 0 Å².